The normalized spacial score (nSPS) is 11.4. The Kier molecular flexibility index (Phi) is 9.28. The Balaban J connectivity index is 2.02. The van der Waals surface area contributed by atoms with Crippen LogP contribution in [0.5, 0.6) is 0 Å². The summed E-state index contributed by atoms with van der Waals surface area (Å²) in [5.74, 6) is 0. The highest BCUT2D eigenvalue weighted by Crippen LogP contribution is 1.89. The van der Waals surface area contributed by atoms with E-state index >= 15 is 0 Å². The fourth-order valence-corrected chi connectivity index (χ4v) is 2.25. The first kappa shape index (κ1) is 17.1. The van der Waals surface area contributed by atoms with E-state index in [1.54, 1.807) is 0 Å². The molecule has 0 aromatic carbocycles. The third-order valence-electron chi connectivity index (χ3n) is 3.41. The van der Waals surface area contributed by atoms with Crippen molar-refractivity contribution < 1.29 is 4.57 Å². The van der Waals surface area contributed by atoms with Crippen molar-refractivity contribution in [2.75, 3.05) is 39.8 Å². The number of nitrogens with zero attached hydrogens (tertiary/aromatic N) is 3. The summed E-state index contributed by atoms with van der Waals surface area (Å²) in [6.45, 7) is 9.57. The lowest BCUT2D eigenvalue weighted by molar-refractivity contribution is -0.696. The number of likely N-dealkylation sites (N-methyl/N-ethyl adjacent to an activating group) is 1. The second kappa shape index (κ2) is 10.8. The van der Waals surface area contributed by atoms with Crippen LogP contribution in [0.2, 0.25) is 0 Å². The van der Waals surface area contributed by atoms with Crippen molar-refractivity contribution in [1.82, 2.24) is 14.8 Å². The van der Waals surface area contributed by atoms with Crippen LogP contribution in [0.25, 0.3) is 0 Å². The van der Waals surface area contributed by atoms with Crippen LogP contribution in [0.15, 0.2) is 18.7 Å². The number of hydrogen-bond donors (Lipinski definition) is 2. The maximum atomic E-state index is 5.52. The zero-order valence-corrected chi connectivity index (χ0v) is 13.2. The number of nitrogens with two attached hydrogens (primary N) is 1. The first-order valence-electron chi connectivity index (χ1n) is 7.90. The van der Waals surface area contributed by atoms with E-state index in [-0.39, 0.29) is 0 Å². The van der Waals surface area contributed by atoms with Gasteiger partial charge in [0.1, 0.15) is 12.4 Å². The van der Waals surface area contributed by atoms with Crippen molar-refractivity contribution in [2.24, 2.45) is 5.73 Å². The van der Waals surface area contributed by atoms with Gasteiger partial charge in [-0.05, 0) is 45.9 Å². The van der Waals surface area contributed by atoms with Crippen molar-refractivity contribution in [1.29, 1.82) is 0 Å². The van der Waals surface area contributed by atoms with Gasteiger partial charge in [-0.15, -0.1) is 0 Å². The lowest BCUT2D eigenvalue weighted by Crippen LogP contribution is -2.34. The molecule has 0 bridgehead atoms. The standard InChI is InChI=1S/C15H32N5/c1-3-9-18(2)12-8-17-7-5-11-20-14-13-19(15-20)10-4-6-16/h13-15,17H,3-12,16H2,1-2H3/q+1. The van der Waals surface area contributed by atoms with Gasteiger partial charge in [-0.3, -0.25) is 0 Å². The number of imidazole rings is 1. The van der Waals surface area contributed by atoms with E-state index in [9.17, 15) is 0 Å². The van der Waals surface area contributed by atoms with Gasteiger partial charge < -0.3 is 16.0 Å². The predicted molar refractivity (Wildman–Crippen MR) is 83.6 cm³/mol. The molecule has 0 saturated carbocycles. The number of nitrogens with one attached hydrogen (secondary N) is 1. The van der Waals surface area contributed by atoms with Crippen LogP contribution in [0.3, 0.4) is 0 Å². The van der Waals surface area contributed by atoms with Crippen LogP contribution in [-0.4, -0.2) is 49.2 Å². The molecule has 0 aliphatic carbocycles. The van der Waals surface area contributed by atoms with Crippen LogP contribution in [0.1, 0.15) is 26.2 Å². The molecule has 116 valence electrons. The van der Waals surface area contributed by atoms with Gasteiger partial charge in [0, 0.05) is 13.1 Å². The highest BCUT2D eigenvalue weighted by molar-refractivity contribution is 4.66. The zero-order chi connectivity index (χ0) is 14.6. The molecule has 0 spiro atoms. The monoisotopic (exact) mass is 282 g/mol. The largest absolute Gasteiger partial charge is 0.330 e. The molecule has 0 radical (unpaired) electrons. The predicted octanol–water partition coefficient (Wildman–Crippen LogP) is 0.446. The molecule has 5 nitrogen and oxygen atoms in total. The van der Waals surface area contributed by atoms with Crippen molar-refractivity contribution in [2.45, 2.75) is 39.3 Å². The highest BCUT2D eigenvalue weighted by Gasteiger charge is 2.02. The van der Waals surface area contributed by atoms with Gasteiger partial charge in [0.15, 0.2) is 0 Å². The van der Waals surface area contributed by atoms with Crippen LogP contribution in [-0.2, 0) is 13.1 Å². The molecule has 1 aromatic rings. The third kappa shape index (κ3) is 7.62. The topological polar surface area (TPSA) is 50.1 Å². The molecule has 0 atom stereocenters. The molecule has 20 heavy (non-hydrogen) atoms. The SMILES string of the molecule is CCCN(C)CCNCCC[n+]1ccn(CCCN)c1. The van der Waals surface area contributed by atoms with Crippen LogP contribution in [0.4, 0.5) is 0 Å². The molecule has 0 fully saturated rings. The summed E-state index contributed by atoms with van der Waals surface area (Å²) in [5.41, 5.74) is 5.52. The molecule has 0 aliphatic heterocycles. The minimum absolute atomic E-state index is 0.759. The van der Waals surface area contributed by atoms with Crippen molar-refractivity contribution in [3.63, 3.8) is 0 Å². The number of aromatic nitrogens is 2. The lowest BCUT2D eigenvalue weighted by Gasteiger charge is -2.15. The van der Waals surface area contributed by atoms with Crippen LogP contribution >= 0.6 is 0 Å². The van der Waals surface area contributed by atoms with Gasteiger partial charge in [0.05, 0.1) is 13.1 Å². The molecule has 0 amide bonds. The molecule has 3 N–H and O–H groups in total. The Hall–Kier alpha value is -0.910. The Morgan fingerprint density at radius 3 is 2.85 bits per heavy atom. The zero-order valence-electron chi connectivity index (χ0n) is 13.2. The molecule has 1 rings (SSSR count). The fourth-order valence-electron chi connectivity index (χ4n) is 2.25. The van der Waals surface area contributed by atoms with E-state index in [4.69, 9.17) is 5.73 Å². The number of hydrogen-bond acceptors (Lipinski definition) is 3. The van der Waals surface area contributed by atoms with Crippen molar-refractivity contribution >= 4 is 0 Å². The molecule has 1 heterocycles. The summed E-state index contributed by atoms with van der Waals surface area (Å²) in [6, 6.07) is 0. The Morgan fingerprint density at radius 2 is 2.10 bits per heavy atom. The van der Waals surface area contributed by atoms with Gasteiger partial charge in [0.25, 0.3) is 0 Å². The molecular formula is C15H32N5+. The van der Waals surface area contributed by atoms with Crippen molar-refractivity contribution in [3.8, 4) is 0 Å². The number of rotatable bonds is 12. The maximum absolute atomic E-state index is 5.52. The molecule has 1 aromatic heterocycles. The summed E-state index contributed by atoms with van der Waals surface area (Å²) in [6.07, 6.45) is 9.89. The van der Waals surface area contributed by atoms with Gasteiger partial charge in [0.2, 0.25) is 6.33 Å². The van der Waals surface area contributed by atoms with Gasteiger partial charge in [-0.1, -0.05) is 6.92 Å². The second-order valence-electron chi connectivity index (χ2n) is 5.44. The minimum Gasteiger partial charge on any atom is -0.330 e. The molecular weight excluding hydrogens is 250 g/mol. The van der Waals surface area contributed by atoms with Gasteiger partial charge >= 0.3 is 0 Å². The average Bonchev–Trinajstić information content (AvgIpc) is 2.88. The van der Waals surface area contributed by atoms with Crippen LogP contribution < -0.4 is 15.6 Å². The van der Waals surface area contributed by atoms with E-state index in [1.807, 2.05) is 0 Å². The van der Waals surface area contributed by atoms with Crippen LogP contribution in [0, 0.1) is 0 Å². The van der Waals surface area contributed by atoms with E-state index in [0.29, 0.717) is 0 Å². The summed E-state index contributed by atoms with van der Waals surface area (Å²) in [5, 5.41) is 3.51. The van der Waals surface area contributed by atoms with E-state index in [1.165, 1.54) is 19.4 Å². The van der Waals surface area contributed by atoms with Gasteiger partial charge in [-0.2, -0.15) is 0 Å². The van der Waals surface area contributed by atoms with Gasteiger partial charge in [-0.25, -0.2) is 9.13 Å². The molecule has 0 unspecified atom stereocenters. The smallest absolute Gasteiger partial charge is 0.243 e. The highest BCUT2D eigenvalue weighted by atomic mass is 15.1. The van der Waals surface area contributed by atoms with E-state index in [0.717, 1.165) is 45.7 Å². The summed E-state index contributed by atoms with van der Waals surface area (Å²) < 4.78 is 4.46. The quantitative estimate of drug-likeness (QED) is 0.432. The van der Waals surface area contributed by atoms with E-state index < -0.39 is 0 Å². The van der Waals surface area contributed by atoms with Crippen molar-refractivity contribution in [3.05, 3.63) is 18.7 Å². The second-order valence-corrected chi connectivity index (χ2v) is 5.44. The average molecular weight is 282 g/mol. The summed E-state index contributed by atoms with van der Waals surface area (Å²) in [7, 11) is 2.19. The Bertz CT molecular complexity index is 337. The fraction of sp³-hybridized carbons (Fsp3) is 0.800. The number of aryl methyl sites for hydroxylation is 2. The Labute approximate surface area is 123 Å². The minimum atomic E-state index is 0.759. The van der Waals surface area contributed by atoms with E-state index in [2.05, 4.69) is 52.0 Å². The molecule has 5 heteroatoms. The summed E-state index contributed by atoms with van der Waals surface area (Å²) in [4.78, 5) is 2.37. The molecule has 0 aliphatic rings. The maximum Gasteiger partial charge on any atom is 0.243 e. The lowest BCUT2D eigenvalue weighted by atomic mass is 10.4. The summed E-state index contributed by atoms with van der Waals surface area (Å²) >= 11 is 0. The first-order valence-corrected chi connectivity index (χ1v) is 7.90. The third-order valence-corrected chi connectivity index (χ3v) is 3.41. The Morgan fingerprint density at radius 1 is 1.25 bits per heavy atom. The first-order chi connectivity index (χ1) is 9.76. The molecule has 0 saturated heterocycles.